The van der Waals surface area contributed by atoms with Crippen LogP contribution in [-0.2, 0) is 6.42 Å². The fraction of sp³-hybridized carbons (Fsp3) is 0.643. The Bertz CT molecular complexity index is 349. The molecule has 94 valence electrons. The molecule has 0 radical (unpaired) electrons. The SMILES string of the molecule is CC(Cc1ccsc1)NCCCC(C)(C)C#N. The number of nitrogens with one attached hydrogen (secondary N) is 1. The summed E-state index contributed by atoms with van der Waals surface area (Å²) in [7, 11) is 0. The lowest BCUT2D eigenvalue weighted by atomic mass is 9.90. The molecule has 0 aliphatic heterocycles. The highest BCUT2D eigenvalue weighted by Gasteiger charge is 2.15. The summed E-state index contributed by atoms with van der Waals surface area (Å²) in [6.45, 7) is 7.22. The lowest BCUT2D eigenvalue weighted by Crippen LogP contribution is -2.29. The van der Waals surface area contributed by atoms with Crippen molar-refractivity contribution in [2.75, 3.05) is 6.54 Å². The van der Waals surface area contributed by atoms with E-state index in [-0.39, 0.29) is 5.41 Å². The number of rotatable bonds is 7. The van der Waals surface area contributed by atoms with Gasteiger partial charge in [-0.25, -0.2) is 0 Å². The molecule has 0 saturated carbocycles. The van der Waals surface area contributed by atoms with E-state index in [4.69, 9.17) is 5.26 Å². The maximum atomic E-state index is 8.90. The Morgan fingerprint density at radius 2 is 2.29 bits per heavy atom. The van der Waals surface area contributed by atoms with Gasteiger partial charge in [-0.2, -0.15) is 16.6 Å². The Hall–Kier alpha value is -0.850. The van der Waals surface area contributed by atoms with Gasteiger partial charge in [0.15, 0.2) is 0 Å². The molecule has 17 heavy (non-hydrogen) atoms. The van der Waals surface area contributed by atoms with Crippen LogP contribution in [0.15, 0.2) is 16.8 Å². The van der Waals surface area contributed by atoms with Gasteiger partial charge in [0.05, 0.1) is 11.5 Å². The minimum absolute atomic E-state index is 0.182. The smallest absolute Gasteiger partial charge is 0.0683 e. The molecule has 1 atom stereocenters. The minimum Gasteiger partial charge on any atom is -0.314 e. The highest BCUT2D eigenvalue weighted by atomic mass is 32.1. The van der Waals surface area contributed by atoms with Crippen molar-refractivity contribution in [3.05, 3.63) is 22.4 Å². The van der Waals surface area contributed by atoms with E-state index < -0.39 is 0 Å². The summed E-state index contributed by atoms with van der Waals surface area (Å²) in [6.07, 6.45) is 3.11. The second-order valence-electron chi connectivity index (χ2n) is 5.29. The average Bonchev–Trinajstić information content (AvgIpc) is 2.77. The first-order valence-electron chi connectivity index (χ1n) is 6.19. The monoisotopic (exact) mass is 250 g/mol. The van der Waals surface area contributed by atoms with Gasteiger partial charge in [0, 0.05) is 6.04 Å². The summed E-state index contributed by atoms with van der Waals surface area (Å²) >= 11 is 1.75. The third-order valence-electron chi connectivity index (χ3n) is 2.90. The summed E-state index contributed by atoms with van der Waals surface area (Å²) in [5, 5.41) is 16.7. The molecule has 0 amide bonds. The van der Waals surface area contributed by atoms with E-state index in [9.17, 15) is 0 Å². The average molecular weight is 250 g/mol. The van der Waals surface area contributed by atoms with Crippen LogP contribution in [0.25, 0.3) is 0 Å². The van der Waals surface area contributed by atoms with Crippen molar-refractivity contribution < 1.29 is 0 Å². The zero-order valence-electron chi connectivity index (χ0n) is 11.0. The lowest BCUT2D eigenvalue weighted by Gasteiger charge is -2.17. The first kappa shape index (κ1) is 14.2. The van der Waals surface area contributed by atoms with Crippen LogP contribution in [0.4, 0.5) is 0 Å². The number of hydrogen-bond donors (Lipinski definition) is 1. The second-order valence-corrected chi connectivity index (χ2v) is 6.07. The maximum Gasteiger partial charge on any atom is 0.0683 e. The Labute approximate surface area is 109 Å². The fourth-order valence-corrected chi connectivity index (χ4v) is 2.45. The van der Waals surface area contributed by atoms with Gasteiger partial charge >= 0.3 is 0 Å². The molecule has 1 aromatic heterocycles. The van der Waals surface area contributed by atoms with E-state index in [2.05, 4.69) is 35.1 Å². The van der Waals surface area contributed by atoms with Gasteiger partial charge in [-0.1, -0.05) is 0 Å². The summed E-state index contributed by atoms with van der Waals surface area (Å²) in [5.41, 5.74) is 1.23. The van der Waals surface area contributed by atoms with Crippen LogP contribution in [0.5, 0.6) is 0 Å². The molecular weight excluding hydrogens is 228 g/mol. The third kappa shape index (κ3) is 5.86. The van der Waals surface area contributed by atoms with Crippen molar-refractivity contribution in [1.82, 2.24) is 5.32 Å². The summed E-state index contributed by atoms with van der Waals surface area (Å²) in [6, 6.07) is 5.03. The molecular formula is C14H22N2S. The fourth-order valence-electron chi connectivity index (χ4n) is 1.77. The predicted molar refractivity (Wildman–Crippen MR) is 74.1 cm³/mol. The van der Waals surface area contributed by atoms with E-state index in [0.29, 0.717) is 6.04 Å². The van der Waals surface area contributed by atoms with Crippen molar-refractivity contribution in [1.29, 1.82) is 5.26 Å². The maximum absolute atomic E-state index is 8.90. The standard InChI is InChI=1S/C14H22N2S/c1-12(9-13-5-8-17-10-13)16-7-4-6-14(2,3)11-15/h5,8,10,12,16H,4,6-7,9H2,1-3H3. The molecule has 0 saturated heterocycles. The number of hydrogen-bond acceptors (Lipinski definition) is 3. The topological polar surface area (TPSA) is 35.8 Å². The van der Waals surface area contributed by atoms with E-state index in [0.717, 1.165) is 25.8 Å². The molecule has 0 spiro atoms. The van der Waals surface area contributed by atoms with Crippen molar-refractivity contribution >= 4 is 11.3 Å². The van der Waals surface area contributed by atoms with Crippen LogP contribution < -0.4 is 5.32 Å². The lowest BCUT2D eigenvalue weighted by molar-refractivity contribution is 0.415. The van der Waals surface area contributed by atoms with Gasteiger partial charge in [-0.15, -0.1) is 0 Å². The third-order valence-corrected chi connectivity index (χ3v) is 3.63. The zero-order valence-corrected chi connectivity index (χ0v) is 11.8. The van der Waals surface area contributed by atoms with Crippen LogP contribution in [0, 0.1) is 16.7 Å². The molecule has 0 aliphatic rings. The van der Waals surface area contributed by atoms with Crippen molar-refractivity contribution in [3.63, 3.8) is 0 Å². The van der Waals surface area contributed by atoms with E-state index >= 15 is 0 Å². The number of thiophene rings is 1. The molecule has 1 unspecified atom stereocenters. The highest BCUT2D eigenvalue weighted by Crippen LogP contribution is 2.20. The van der Waals surface area contributed by atoms with Gasteiger partial charge in [-0.3, -0.25) is 0 Å². The van der Waals surface area contributed by atoms with E-state index in [1.165, 1.54) is 5.56 Å². The zero-order chi connectivity index (χ0) is 12.7. The second kappa shape index (κ2) is 6.78. The van der Waals surface area contributed by atoms with E-state index in [1.807, 2.05) is 13.8 Å². The van der Waals surface area contributed by atoms with Crippen LogP contribution in [0.3, 0.4) is 0 Å². The Morgan fingerprint density at radius 3 is 2.88 bits per heavy atom. The van der Waals surface area contributed by atoms with Gasteiger partial charge in [-0.05, 0) is 69.0 Å². The molecule has 2 nitrogen and oxygen atoms in total. The van der Waals surface area contributed by atoms with Gasteiger partial charge in [0.25, 0.3) is 0 Å². The predicted octanol–water partition coefficient (Wildman–Crippen LogP) is 3.60. The molecule has 1 N–H and O–H groups in total. The minimum atomic E-state index is -0.182. The molecule has 3 heteroatoms. The summed E-state index contributed by atoms with van der Waals surface area (Å²) in [5.74, 6) is 0. The first-order chi connectivity index (χ1) is 8.03. The van der Waals surface area contributed by atoms with Crippen molar-refractivity contribution in [2.45, 2.75) is 46.1 Å². The number of nitriles is 1. The largest absolute Gasteiger partial charge is 0.314 e. The number of nitrogens with zero attached hydrogens (tertiary/aromatic N) is 1. The highest BCUT2D eigenvalue weighted by molar-refractivity contribution is 7.07. The first-order valence-corrected chi connectivity index (χ1v) is 7.13. The van der Waals surface area contributed by atoms with Crippen LogP contribution in [0.2, 0.25) is 0 Å². The van der Waals surface area contributed by atoms with Gasteiger partial charge in [0.1, 0.15) is 0 Å². The normalized spacial score (nSPS) is 13.3. The summed E-state index contributed by atoms with van der Waals surface area (Å²) < 4.78 is 0. The Kier molecular flexibility index (Phi) is 5.67. The molecule has 1 aromatic rings. The van der Waals surface area contributed by atoms with Gasteiger partial charge in [0.2, 0.25) is 0 Å². The molecule has 0 fully saturated rings. The molecule has 0 bridgehead atoms. The summed E-state index contributed by atoms with van der Waals surface area (Å²) in [4.78, 5) is 0. The van der Waals surface area contributed by atoms with Crippen LogP contribution in [0.1, 0.15) is 39.2 Å². The molecule has 1 rings (SSSR count). The van der Waals surface area contributed by atoms with E-state index in [1.54, 1.807) is 11.3 Å². The van der Waals surface area contributed by atoms with Crippen LogP contribution in [-0.4, -0.2) is 12.6 Å². The Morgan fingerprint density at radius 1 is 1.53 bits per heavy atom. The van der Waals surface area contributed by atoms with Crippen molar-refractivity contribution in [3.8, 4) is 6.07 Å². The van der Waals surface area contributed by atoms with Crippen molar-refractivity contribution in [2.24, 2.45) is 5.41 Å². The molecule has 0 aliphatic carbocycles. The molecule has 1 heterocycles. The van der Waals surface area contributed by atoms with Gasteiger partial charge < -0.3 is 5.32 Å². The quantitative estimate of drug-likeness (QED) is 0.751. The Balaban J connectivity index is 2.13. The molecule has 0 aromatic carbocycles. The van der Waals surface area contributed by atoms with Crippen LogP contribution >= 0.6 is 11.3 Å².